The second kappa shape index (κ2) is 10.6. The molecule has 2 heterocycles. The summed E-state index contributed by atoms with van der Waals surface area (Å²) in [7, 11) is 5.84. The second-order valence-corrected chi connectivity index (χ2v) is 9.59. The molecular weight excluding hydrogens is 492 g/mol. The van der Waals surface area contributed by atoms with Crippen LogP contribution in [-0.4, -0.2) is 51.4 Å². The van der Waals surface area contributed by atoms with E-state index in [0.717, 1.165) is 5.56 Å². The summed E-state index contributed by atoms with van der Waals surface area (Å²) in [5.74, 6) is -0.585. The SMILES string of the molecule is COC(=O)C1=C(C)NC(C)C(C(=O)OC)(c2ccccc2)C1c1nc(-c2ccc(OC)c(OC)c2)cs1. The zero-order valence-electron chi connectivity index (χ0n) is 21.7. The van der Waals surface area contributed by atoms with Crippen molar-refractivity contribution in [1.29, 1.82) is 0 Å². The molecule has 0 bridgehead atoms. The standard InChI is InChI=1S/C28H30N2O6S/c1-16-23(26(31)35-5)24(28(17(2)29-16,27(32)36-6)19-10-8-7-9-11-19)25-30-20(15-37-25)18-12-13-21(33-3)22(14-18)34-4/h7-15,17,24,29H,1-6H3. The largest absolute Gasteiger partial charge is 0.493 e. The Kier molecular flexibility index (Phi) is 7.54. The van der Waals surface area contributed by atoms with E-state index in [9.17, 15) is 9.59 Å². The number of carbonyl (C=O) groups is 2. The Hall–Kier alpha value is -3.85. The second-order valence-electron chi connectivity index (χ2n) is 8.70. The van der Waals surface area contributed by atoms with Crippen molar-refractivity contribution < 1.29 is 28.5 Å². The maximum Gasteiger partial charge on any atom is 0.336 e. The lowest BCUT2D eigenvalue weighted by atomic mass is 9.61. The number of rotatable bonds is 7. The number of carbonyl (C=O) groups excluding carboxylic acids is 2. The molecule has 37 heavy (non-hydrogen) atoms. The lowest BCUT2D eigenvalue weighted by Crippen LogP contribution is -2.60. The van der Waals surface area contributed by atoms with Crippen LogP contribution in [0, 0.1) is 0 Å². The summed E-state index contributed by atoms with van der Waals surface area (Å²) in [5.41, 5.74) is 1.88. The summed E-state index contributed by atoms with van der Waals surface area (Å²) in [5, 5.41) is 5.83. The van der Waals surface area contributed by atoms with Gasteiger partial charge in [0.05, 0.1) is 45.6 Å². The molecule has 3 atom stereocenters. The number of hydrogen-bond donors (Lipinski definition) is 1. The van der Waals surface area contributed by atoms with Crippen molar-refractivity contribution in [2.45, 2.75) is 31.2 Å². The van der Waals surface area contributed by atoms with Crippen LogP contribution >= 0.6 is 11.3 Å². The molecule has 0 saturated heterocycles. The molecule has 194 valence electrons. The fraction of sp³-hybridized carbons (Fsp3) is 0.321. The number of allylic oxidation sites excluding steroid dienone is 1. The van der Waals surface area contributed by atoms with Crippen LogP contribution in [0.1, 0.15) is 30.3 Å². The highest BCUT2D eigenvalue weighted by Crippen LogP contribution is 2.51. The number of ether oxygens (including phenoxy) is 4. The number of methoxy groups -OCH3 is 4. The molecule has 1 N–H and O–H groups in total. The molecular formula is C28H30N2O6S. The Morgan fingerprint density at radius 1 is 0.973 bits per heavy atom. The van der Waals surface area contributed by atoms with Crippen molar-refractivity contribution in [1.82, 2.24) is 10.3 Å². The molecule has 1 aliphatic rings. The Morgan fingerprint density at radius 3 is 2.30 bits per heavy atom. The minimum atomic E-state index is -1.29. The number of thiazole rings is 1. The van der Waals surface area contributed by atoms with E-state index in [-0.39, 0.29) is 0 Å². The molecule has 0 saturated carbocycles. The van der Waals surface area contributed by atoms with Crippen LogP contribution in [0.4, 0.5) is 0 Å². The molecule has 0 aliphatic carbocycles. The van der Waals surface area contributed by atoms with Crippen LogP contribution in [0.5, 0.6) is 11.5 Å². The van der Waals surface area contributed by atoms with Gasteiger partial charge in [-0.2, -0.15) is 0 Å². The number of nitrogens with one attached hydrogen (secondary N) is 1. The van der Waals surface area contributed by atoms with E-state index in [1.54, 1.807) is 14.2 Å². The highest BCUT2D eigenvalue weighted by Gasteiger charge is 2.59. The van der Waals surface area contributed by atoms with Crippen molar-refractivity contribution >= 4 is 23.3 Å². The topological polar surface area (TPSA) is 96.0 Å². The van der Waals surface area contributed by atoms with Crippen molar-refractivity contribution in [3.05, 3.63) is 75.8 Å². The average Bonchev–Trinajstić information content (AvgIpc) is 3.42. The first kappa shape index (κ1) is 26.2. The summed E-state index contributed by atoms with van der Waals surface area (Å²) in [6, 6.07) is 14.5. The predicted molar refractivity (Wildman–Crippen MR) is 141 cm³/mol. The van der Waals surface area contributed by atoms with Gasteiger partial charge < -0.3 is 24.3 Å². The molecule has 9 heteroatoms. The van der Waals surface area contributed by atoms with E-state index in [1.165, 1.54) is 25.6 Å². The highest BCUT2D eigenvalue weighted by atomic mass is 32.1. The molecule has 1 aromatic heterocycles. The lowest BCUT2D eigenvalue weighted by molar-refractivity contribution is -0.150. The predicted octanol–water partition coefficient (Wildman–Crippen LogP) is 4.46. The van der Waals surface area contributed by atoms with Gasteiger partial charge in [0.15, 0.2) is 11.5 Å². The Morgan fingerprint density at radius 2 is 1.68 bits per heavy atom. The fourth-order valence-corrected chi connectivity index (χ4v) is 6.18. The van der Waals surface area contributed by atoms with Crippen molar-refractivity contribution in [2.75, 3.05) is 28.4 Å². The van der Waals surface area contributed by atoms with E-state index >= 15 is 0 Å². The summed E-state index contributed by atoms with van der Waals surface area (Å²) in [4.78, 5) is 31.9. The van der Waals surface area contributed by atoms with Crippen molar-refractivity contribution in [3.8, 4) is 22.8 Å². The van der Waals surface area contributed by atoms with Gasteiger partial charge in [-0.05, 0) is 37.6 Å². The quantitative estimate of drug-likeness (QED) is 0.455. The first-order chi connectivity index (χ1) is 17.8. The van der Waals surface area contributed by atoms with Gasteiger partial charge in [-0.1, -0.05) is 30.3 Å². The lowest BCUT2D eigenvalue weighted by Gasteiger charge is -2.47. The first-order valence-electron chi connectivity index (χ1n) is 11.7. The molecule has 4 rings (SSSR count). The zero-order chi connectivity index (χ0) is 26.7. The minimum Gasteiger partial charge on any atom is -0.493 e. The van der Waals surface area contributed by atoms with Gasteiger partial charge in [-0.25, -0.2) is 9.78 Å². The van der Waals surface area contributed by atoms with Crippen molar-refractivity contribution in [2.24, 2.45) is 0 Å². The Bertz CT molecular complexity index is 1340. The van der Waals surface area contributed by atoms with Gasteiger partial charge in [0.1, 0.15) is 10.4 Å². The van der Waals surface area contributed by atoms with E-state index in [4.69, 9.17) is 23.9 Å². The van der Waals surface area contributed by atoms with Gasteiger partial charge in [0.2, 0.25) is 0 Å². The third-order valence-electron chi connectivity index (χ3n) is 6.89. The van der Waals surface area contributed by atoms with E-state index < -0.39 is 29.3 Å². The maximum atomic E-state index is 13.8. The number of nitrogens with zero attached hydrogens (tertiary/aromatic N) is 1. The van der Waals surface area contributed by atoms with Gasteiger partial charge in [-0.3, -0.25) is 4.79 Å². The smallest absolute Gasteiger partial charge is 0.336 e. The van der Waals surface area contributed by atoms with Crippen LogP contribution in [0.2, 0.25) is 0 Å². The highest BCUT2D eigenvalue weighted by molar-refractivity contribution is 7.10. The number of esters is 2. The summed E-state index contributed by atoms with van der Waals surface area (Å²) < 4.78 is 21.4. The number of benzene rings is 2. The van der Waals surface area contributed by atoms with E-state index in [2.05, 4.69) is 5.32 Å². The zero-order valence-corrected chi connectivity index (χ0v) is 22.5. The van der Waals surface area contributed by atoms with Crippen LogP contribution in [0.25, 0.3) is 11.3 Å². The molecule has 8 nitrogen and oxygen atoms in total. The summed E-state index contributed by atoms with van der Waals surface area (Å²) in [6.07, 6.45) is 0. The molecule has 3 aromatic rings. The third-order valence-corrected chi connectivity index (χ3v) is 7.80. The van der Waals surface area contributed by atoms with E-state index in [1.807, 2.05) is 67.8 Å². The summed E-state index contributed by atoms with van der Waals surface area (Å²) >= 11 is 1.37. The van der Waals surface area contributed by atoms with Gasteiger partial charge in [0, 0.05) is 22.7 Å². The van der Waals surface area contributed by atoms with Crippen LogP contribution in [0.3, 0.4) is 0 Å². The molecule has 0 fully saturated rings. The molecule has 0 radical (unpaired) electrons. The normalized spacial score (nSPS) is 21.1. The Balaban J connectivity index is 1.97. The minimum absolute atomic E-state index is 0.336. The van der Waals surface area contributed by atoms with Crippen LogP contribution < -0.4 is 14.8 Å². The van der Waals surface area contributed by atoms with Crippen LogP contribution in [0.15, 0.2) is 65.2 Å². The monoisotopic (exact) mass is 522 g/mol. The van der Waals surface area contributed by atoms with Gasteiger partial charge >= 0.3 is 11.9 Å². The molecule has 2 aromatic carbocycles. The van der Waals surface area contributed by atoms with Crippen molar-refractivity contribution in [3.63, 3.8) is 0 Å². The van der Waals surface area contributed by atoms with Gasteiger partial charge in [-0.15, -0.1) is 11.3 Å². The molecule has 1 aliphatic heterocycles. The maximum absolute atomic E-state index is 13.8. The number of hydrogen-bond acceptors (Lipinski definition) is 9. The molecule has 3 unspecified atom stereocenters. The van der Waals surface area contributed by atoms with Gasteiger partial charge in [0.25, 0.3) is 0 Å². The third kappa shape index (κ3) is 4.33. The summed E-state index contributed by atoms with van der Waals surface area (Å²) in [6.45, 7) is 3.72. The molecule has 0 spiro atoms. The Labute approximate surface area is 220 Å². The van der Waals surface area contributed by atoms with E-state index in [0.29, 0.717) is 39.0 Å². The van der Waals surface area contributed by atoms with Crippen LogP contribution in [-0.2, 0) is 24.5 Å². The molecule has 0 amide bonds. The first-order valence-corrected chi connectivity index (χ1v) is 12.6. The fourth-order valence-electron chi connectivity index (χ4n) is 5.17. The average molecular weight is 523 g/mol. The number of aromatic nitrogens is 1.